The van der Waals surface area contributed by atoms with Crippen LogP contribution in [0.2, 0.25) is 5.15 Å². The minimum absolute atomic E-state index is 0.397. The highest BCUT2D eigenvalue weighted by molar-refractivity contribution is 6.30. The molecule has 1 unspecified atom stereocenters. The Hall–Kier alpha value is -0.830. The summed E-state index contributed by atoms with van der Waals surface area (Å²) in [7, 11) is 0. The number of hydrogen-bond acceptors (Lipinski definition) is 3. The largest absolute Gasteiger partial charge is 0.356 e. The van der Waals surface area contributed by atoms with E-state index in [1.807, 2.05) is 6.92 Å². The summed E-state index contributed by atoms with van der Waals surface area (Å²) in [6.07, 6.45) is 5.32. The number of rotatable bonds is 1. The Morgan fingerprint density at radius 2 is 1.95 bits per heavy atom. The van der Waals surface area contributed by atoms with Gasteiger partial charge in [-0.2, -0.15) is 0 Å². The first-order valence-corrected chi connectivity index (χ1v) is 7.49. The van der Waals surface area contributed by atoms with Crippen LogP contribution in [0.25, 0.3) is 0 Å². The van der Waals surface area contributed by atoms with Gasteiger partial charge in [0.25, 0.3) is 0 Å². The van der Waals surface area contributed by atoms with Gasteiger partial charge in [-0.3, -0.25) is 0 Å². The van der Waals surface area contributed by atoms with Gasteiger partial charge in [0.15, 0.2) is 0 Å². The molecule has 1 aliphatic heterocycles. The SMILES string of the molecule is Cc1c(Cl)ncnc1N1CCCC(C(C)(C)C)CC1. The van der Waals surface area contributed by atoms with Crippen LogP contribution in [0.4, 0.5) is 5.82 Å². The summed E-state index contributed by atoms with van der Waals surface area (Å²) in [5, 5.41) is 0.571. The van der Waals surface area contributed by atoms with E-state index in [1.165, 1.54) is 19.3 Å². The topological polar surface area (TPSA) is 29.0 Å². The molecule has 0 radical (unpaired) electrons. The predicted octanol–water partition coefficient (Wildman–Crippen LogP) is 4.09. The molecule has 19 heavy (non-hydrogen) atoms. The van der Waals surface area contributed by atoms with E-state index in [-0.39, 0.29) is 0 Å². The van der Waals surface area contributed by atoms with Crippen LogP contribution in [-0.2, 0) is 0 Å². The van der Waals surface area contributed by atoms with Gasteiger partial charge in [-0.05, 0) is 37.5 Å². The van der Waals surface area contributed by atoms with Gasteiger partial charge < -0.3 is 4.90 Å². The van der Waals surface area contributed by atoms with Crippen molar-refractivity contribution in [2.24, 2.45) is 11.3 Å². The molecule has 0 bridgehead atoms. The van der Waals surface area contributed by atoms with Crippen LogP contribution in [0.3, 0.4) is 0 Å². The summed E-state index contributed by atoms with van der Waals surface area (Å²) in [6.45, 7) is 11.2. The van der Waals surface area contributed by atoms with Crippen molar-refractivity contribution in [1.29, 1.82) is 0 Å². The van der Waals surface area contributed by atoms with Crippen LogP contribution in [-0.4, -0.2) is 23.1 Å². The second-order valence-electron chi connectivity index (χ2n) is 6.59. The summed E-state index contributed by atoms with van der Waals surface area (Å²) in [6, 6.07) is 0. The molecule has 0 aromatic carbocycles. The van der Waals surface area contributed by atoms with Gasteiger partial charge in [0.05, 0.1) is 0 Å². The van der Waals surface area contributed by atoms with Crippen molar-refractivity contribution in [3.63, 3.8) is 0 Å². The molecular formula is C15H24ClN3. The van der Waals surface area contributed by atoms with Gasteiger partial charge in [-0.25, -0.2) is 9.97 Å². The molecule has 0 saturated carbocycles. The Kier molecular flexibility index (Phi) is 4.34. The van der Waals surface area contributed by atoms with Gasteiger partial charge in [-0.1, -0.05) is 32.4 Å². The maximum absolute atomic E-state index is 6.10. The van der Waals surface area contributed by atoms with E-state index in [0.29, 0.717) is 10.6 Å². The molecule has 1 aromatic heterocycles. The van der Waals surface area contributed by atoms with Crippen LogP contribution >= 0.6 is 11.6 Å². The lowest BCUT2D eigenvalue weighted by Crippen LogP contribution is -2.27. The molecule has 1 aromatic rings. The first-order chi connectivity index (χ1) is 8.89. The third kappa shape index (κ3) is 3.38. The lowest BCUT2D eigenvalue weighted by atomic mass is 9.77. The summed E-state index contributed by atoms with van der Waals surface area (Å²) in [4.78, 5) is 10.8. The number of nitrogens with zero attached hydrogens (tertiary/aromatic N) is 3. The maximum Gasteiger partial charge on any atom is 0.137 e. The van der Waals surface area contributed by atoms with E-state index < -0.39 is 0 Å². The Labute approximate surface area is 121 Å². The minimum Gasteiger partial charge on any atom is -0.356 e. The smallest absolute Gasteiger partial charge is 0.137 e. The Morgan fingerprint density at radius 1 is 1.21 bits per heavy atom. The zero-order valence-electron chi connectivity index (χ0n) is 12.4. The van der Waals surface area contributed by atoms with Crippen molar-refractivity contribution in [3.8, 4) is 0 Å². The molecule has 2 heterocycles. The van der Waals surface area contributed by atoms with Crippen LogP contribution in [0.1, 0.15) is 45.6 Å². The molecule has 0 N–H and O–H groups in total. The van der Waals surface area contributed by atoms with E-state index in [1.54, 1.807) is 6.33 Å². The van der Waals surface area contributed by atoms with Crippen LogP contribution < -0.4 is 4.90 Å². The number of anilines is 1. The molecule has 1 saturated heterocycles. The molecule has 3 nitrogen and oxygen atoms in total. The fourth-order valence-electron chi connectivity index (χ4n) is 2.91. The molecule has 1 fully saturated rings. The van der Waals surface area contributed by atoms with Crippen molar-refractivity contribution >= 4 is 17.4 Å². The molecule has 1 atom stereocenters. The van der Waals surface area contributed by atoms with Crippen LogP contribution in [0.15, 0.2) is 6.33 Å². The highest BCUT2D eigenvalue weighted by Crippen LogP contribution is 2.35. The van der Waals surface area contributed by atoms with Gasteiger partial charge in [0, 0.05) is 18.7 Å². The molecule has 2 rings (SSSR count). The lowest BCUT2D eigenvalue weighted by molar-refractivity contribution is 0.220. The molecule has 0 spiro atoms. The molecule has 1 aliphatic rings. The monoisotopic (exact) mass is 281 g/mol. The van der Waals surface area contributed by atoms with Crippen molar-refractivity contribution in [1.82, 2.24) is 9.97 Å². The predicted molar refractivity (Wildman–Crippen MR) is 80.8 cm³/mol. The maximum atomic E-state index is 6.10. The Bertz CT molecular complexity index is 440. The second kappa shape index (κ2) is 5.66. The van der Waals surface area contributed by atoms with Gasteiger partial charge in [-0.15, -0.1) is 0 Å². The third-order valence-corrected chi connectivity index (χ3v) is 4.63. The standard InChI is InChI=1S/C15H24ClN3/c1-11-13(16)17-10-18-14(11)19-8-5-6-12(7-9-19)15(2,3)4/h10,12H,5-9H2,1-4H3. The highest BCUT2D eigenvalue weighted by Gasteiger charge is 2.27. The van der Waals surface area contributed by atoms with E-state index in [4.69, 9.17) is 11.6 Å². The highest BCUT2D eigenvalue weighted by atomic mass is 35.5. The molecular weight excluding hydrogens is 258 g/mol. The van der Waals surface area contributed by atoms with E-state index in [2.05, 4.69) is 35.6 Å². The van der Waals surface area contributed by atoms with Crippen molar-refractivity contribution in [2.75, 3.05) is 18.0 Å². The average Bonchev–Trinajstić information content (AvgIpc) is 2.57. The molecule has 0 aliphatic carbocycles. The molecule has 4 heteroatoms. The number of aromatic nitrogens is 2. The van der Waals surface area contributed by atoms with Crippen molar-refractivity contribution < 1.29 is 0 Å². The summed E-state index contributed by atoms with van der Waals surface area (Å²) in [5.41, 5.74) is 1.40. The van der Waals surface area contributed by atoms with Crippen molar-refractivity contribution in [2.45, 2.75) is 47.0 Å². The first-order valence-electron chi connectivity index (χ1n) is 7.11. The van der Waals surface area contributed by atoms with Crippen molar-refractivity contribution in [3.05, 3.63) is 17.0 Å². The first kappa shape index (κ1) is 14.6. The van der Waals surface area contributed by atoms with Crippen LogP contribution in [0, 0.1) is 18.3 Å². The summed E-state index contributed by atoms with van der Waals surface area (Å²) >= 11 is 6.10. The molecule has 106 valence electrons. The van der Waals surface area contributed by atoms with E-state index in [9.17, 15) is 0 Å². The third-order valence-electron chi connectivity index (χ3n) is 4.25. The quantitative estimate of drug-likeness (QED) is 0.726. The summed E-state index contributed by atoms with van der Waals surface area (Å²) in [5.74, 6) is 1.80. The molecule has 0 amide bonds. The van der Waals surface area contributed by atoms with Gasteiger partial charge in [0.1, 0.15) is 17.3 Å². The fraction of sp³-hybridized carbons (Fsp3) is 0.733. The number of halogens is 1. The minimum atomic E-state index is 0.397. The number of hydrogen-bond donors (Lipinski definition) is 0. The lowest BCUT2D eigenvalue weighted by Gasteiger charge is -2.30. The summed E-state index contributed by atoms with van der Waals surface area (Å²) < 4.78 is 0. The zero-order chi connectivity index (χ0) is 14.0. The van der Waals surface area contributed by atoms with E-state index in [0.717, 1.165) is 30.4 Å². The second-order valence-corrected chi connectivity index (χ2v) is 6.95. The Balaban J connectivity index is 2.13. The van der Waals surface area contributed by atoms with Gasteiger partial charge >= 0.3 is 0 Å². The average molecular weight is 282 g/mol. The van der Waals surface area contributed by atoms with Crippen LogP contribution in [0.5, 0.6) is 0 Å². The van der Waals surface area contributed by atoms with Gasteiger partial charge in [0.2, 0.25) is 0 Å². The zero-order valence-corrected chi connectivity index (χ0v) is 13.2. The fourth-order valence-corrected chi connectivity index (χ4v) is 3.04. The normalized spacial score (nSPS) is 21.3. The Morgan fingerprint density at radius 3 is 2.63 bits per heavy atom. The van der Waals surface area contributed by atoms with E-state index >= 15 is 0 Å².